The van der Waals surface area contributed by atoms with Gasteiger partial charge in [-0.3, -0.25) is 9.82 Å². The van der Waals surface area contributed by atoms with Crippen LogP contribution in [0.25, 0.3) is 0 Å². The van der Waals surface area contributed by atoms with Crippen molar-refractivity contribution in [1.29, 1.82) is 0 Å². The number of hydrogen-bond acceptors (Lipinski definition) is 4. The minimum absolute atomic E-state index is 0.0473. The van der Waals surface area contributed by atoms with Gasteiger partial charge in [0.2, 0.25) is 0 Å². The molecule has 0 radical (unpaired) electrons. The molecule has 0 aliphatic heterocycles. The average molecular weight is 301 g/mol. The number of sulfonamides is 1. The van der Waals surface area contributed by atoms with Crippen LogP contribution in [0.15, 0.2) is 29.3 Å². The zero-order valence-corrected chi connectivity index (χ0v) is 11.7. The third-order valence-electron chi connectivity index (χ3n) is 2.61. The van der Waals surface area contributed by atoms with Crippen molar-refractivity contribution in [2.45, 2.75) is 18.2 Å². The highest BCUT2D eigenvalue weighted by molar-refractivity contribution is 7.92. The average Bonchev–Trinajstić information content (AvgIpc) is 2.79. The summed E-state index contributed by atoms with van der Waals surface area (Å²) in [7, 11) is -3.71. The van der Waals surface area contributed by atoms with Gasteiger partial charge in [-0.15, -0.1) is 0 Å². The lowest BCUT2D eigenvalue weighted by atomic mass is 10.3. The molecule has 0 bridgehead atoms. The van der Waals surface area contributed by atoms with E-state index in [1.54, 1.807) is 6.20 Å². The van der Waals surface area contributed by atoms with Crippen molar-refractivity contribution in [3.63, 3.8) is 0 Å². The second-order valence-electron chi connectivity index (χ2n) is 3.91. The molecule has 1 aromatic carbocycles. The summed E-state index contributed by atoms with van der Waals surface area (Å²) in [4.78, 5) is 0.0473. The van der Waals surface area contributed by atoms with Gasteiger partial charge in [-0.05, 0) is 24.6 Å². The minimum Gasteiger partial charge on any atom is -0.397 e. The molecule has 0 unspecified atom stereocenters. The van der Waals surface area contributed by atoms with E-state index in [1.165, 1.54) is 18.2 Å². The molecule has 6 nitrogen and oxygen atoms in total. The van der Waals surface area contributed by atoms with Crippen molar-refractivity contribution in [3.05, 3.63) is 35.0 Å². The lowest BCUT2D eigenvalue weighted by Crippen LogP contribution is -2.14. The van der Waals surface area contributed by atoms with Crippen LogP contribution in [-0.4, -0.2) is 18.6 Å². The van der Waals surface area contributed by atoms with Crippen LogP contribution < -0.4 is 10.5 Å². The summed E-state index contributed by atoms with van der Waals surface area (Å²) < 4.78 is 26.8. The van der Waals surface area contributed by atoms with Crippen molar-refractivity contribution >= 4 is 33.1 Å². The van der Waals surface area contributed by atoms with E-state index in [9.17, 15) is 8.42 Å². The monoisotopic (exact) mass is 300 g/mol. The number of aryl methyl sites for hydroxylation is 1. The van der Waals surface area contributed by atoms with Crippen LogP contribution in [-0.2, 0) is 16.4 Å². The van der Waals surface area contributed by atoms with E-state index >= 15 is 0 Å². The summed E-state index contributed by atoms with van der Waals surface area (Å²) in [6.45, 7) is 1.91. The first kappa shape index (κ1) is 13.7. The smallest absolute Gasteiger partial charge is 0.263 e. The van der Waals surface area contributed by atoms with Crippen molar-refractivity contribution < 1.29 is 8.42 Å². The SMILES string of the molecule is CCc1cn[nH]c1NS(=O)(=O)c1ccc(Cl)c(N)c1. The van der Waals surface area contributed by atoms with Crippen LogP contribution in [0.5, 0.6) is 0 Å². The van der Waals surface area contributed by atoms with E-state index in [4.69, 9.17) is 17.3 Å². The molecule has 1 heterocycles. The van der Waals surface area contributed by atoms with Crippen LogP contribution in [0.2, 0.25) is 5.02 Å². The lowest BCUT2D eigenvalue weighted by molar-refractivity contribution is 0.601. The molecule has 0 saturated heterocycles. The number of nitrogens with two attached hydrogens (primary N) is 1. The summed E-state index contributed by atoms with van der Waals surface area (Å²) >= 11 is 5.76. The number of anilines is 2. The number of H-pyrrole nitrogens is 1. The normalized spacial score (nSPS) is 11.5. The fourth-order valence-electron chi connectivity index (χ4n) is 1.55. The van der Waals surface area contributed by atoms with Gasteiger partial charge in [0.1, 0.15) is 5.82 Å². The van der Waals surface area contributed by atoms with Crippen LogP contribution >= 0.6 is 11.6 Å². The van der Waals surface area contributed by atoms with E-state index in [0.717, 1.165) is 5.56 Å². The van der Waals surface area contributed by atoms with Crippen molar-refractivity contribution in [2.24, 2.45) is 0 Å². The molecule has 0 fully saturated rings. The first-order chi connectivity index (χ1) is 8.94. The highest BCUT2D eigenvalue weighted by Crippen LogP contribution is 2.24. The Kier molecular flexibility index (Phi) is 3.68. The highest BCUT2D eigenvalue weighted by atomic mass is 35.5. The number of halogens is 1. The van der Waals surface area contributed by atoms with E-state index in [-0.39, 0.29) is 10.6 Å². The molecule has 8 heteroatoms. The summed E-state index contributed by atoms with van der Waals surface area (Å²) in [5.41, 5.74) is 6.60. The molecule has 2 rings (SSSR count). The van der Waals surface area contributed by atoms with Gasteiger partial charge >= 0.3 is 0 Å². The van der Waals surface area contributed by atoms with Crippen LogP contribution in [0.4, 0.5) is 11.5 Å². The number of aromatic nitrogens is 2. The lowest BCUT2D eigenvalue weighted by Gasteiger charge is -2.08. The Bertz CT molecular complexity index is 696. The quantitative estimate of drug-likeness (QED) is 0.752. The zero-order chi connectivity index (χ0) is 14.0. The predicted molar refractivity (Wildman–Crippen MR) is 74.6 cm³/mol. The summed E-state index contributed by atoms with van der Waals surface area (Å²) in [6, 6.07) is 4.15. The third kappa shape index (κ3) is 2.82. The number of benzene rings is 1. The van der Waals surface area contributed by atoms with Crippen molar-refractivity contribution in [2.75, 3.05) is 10.5 Å². The topological polar surface area (TPSA) is 101 Å². The first-order valence-corrected chi connectivity index (χ1v) is 7.40. The van der Waals surface area contributed by atoms with Gasteiger partial charge in [0.25, 0.3) is 10.0 Å². The Balaban J connectivity index is 2.35. The van der Waals surface area contributed by atoms with Crippen LogP contribution in [0.3, 0.4) is 0 Å². The maximum Gasteiger partial charge on any atom is 0.263 e. The number of nitrogens with zero attached hydrogens (tertiary/aromatic N) is 1. The molecule has 19 heavy (non-hydrogen) atoms. The molecule has 0 aliphatic carbocycles. The number of rotatable bonds is 4. The first-order valence-electron chi connectivity index (χ1n) is 5.54. The largest absolute Gasteiger partial charge is 0.397 e. The van der Waals surface area contributed by atoms with Gasteiger partial charge in [-0.25, -0.2) is 8.42 Å². The molecule has 1 aromatic heterocycles. The van der Waals surface area contributed by atoms with Gasteiger partial charge in [0.15, 0.2) is 0 Å². The number of hydrogen-bond donors (Lipinski definition) is 3. The Morgan fingerprint density at radius 2 is 2.21 bits per heavy atom. The molecule has 0 saturated carbocycles. The standard InChI is InChI=1S/C11H13ClN4O2S/c1-2-7-6-14-15-11(7)16-19(17,18)8-3-4-9(12)10(13)5-8/h3-6H,2,13H2,1H3,(H2,14,15,16). The molecule has 0 amide bonds. The second kappa shape index (κ2) is 5.10. The second-order valence-corrected chi connectivity index (χ2v) is 6.00. The number of aromatic amines is 1. The van der Waals surface area contributed by atoms with Gasteiger partial charge < -0.3 is 5.73 Å². The molecule has 102 valence electrons. The van der Waals surface area contributed by atoms with Gasteiger partial charge in [0.05, 0.1) is 21.8 Å². The Labute approximate surface area is 116 Å². The Hall–Kier alpha value is -1.73. The summed E-state index contributed by atoms with van der Waals surface area (Å²) in [6.07, 6.45) is 2.24. The van der Waals surface area contributed by atoms with E-state index in [1.807, 2.05) is 6.92 Å². The van der Waals surface area contributed by atoms with Gasteiger partial charge in [0, 0.05) is 5.56 Å². The molecular formula is C11H13ClN4O2S. The van der Waals surface area contributed by atoms with Crippen molar-refractivity contribution in [3.8, 4) is 0 Å². The van der Waals surface area contributed by atoms with E-state index in [2.05, 4.69) is 14.9 Å². The fraction of sp³-hybridized carbons (Fsp3) is 0.182. The Morgan fingerprint density at radius 3 is 2.84 bits per heavy atom. The molecule has 0 atom stereocenters. The third-order valence-corrected chi connectivity index (χ3v) is 4.30. The van der Waals surface area contributed by atoms with Crippen LogP contribution in [0, 0.1) is 0 Å². The maximum absolute atomic E-state index is 12.2. The molecule has 4 N–H and O–H groups in total. The number of nitrogen functional groups attached to an aromatic ring is 1. The Morgan fingerprint density at radius 1 is 1.47 bits per heavy atom. The highest BCUT2D eigenvalue weighted by Gasteiger charge is 2.17. The minimum atomic E-state index is -3.71. The molecule has 0 spiro atoms. The number of nitrogens with one attached hydrogen (secondary N) is 2. The van der Waals surface area contributed by atoms with E-state index < -0.39 is 10.0 Å². The fourth-order valence-corrected chi connectivity index (χ4v) is 2.76. The summed E-state index contributed by atoms with van der Waals surface area (Å²) in [5.74, 6) is 0.357. The van der Waals surface area contributed by atoms with Crippen LogP contribution in [0.1, 0.15) is 12.5 Å². The van der Waals surface area contributed by atoms with E-state index in [0.29, 0.717) is 17.3 Å². The summed E-state index contributed by atoms with van der Waals surface area (Å²) in [5, 5.41) is 6.73. The van der Waals surface area contributed by atoms with Gasteiger partial charge in [-0.1, -0.05) is 18.5 Å². The zero-order valence-electron chi connectivity index (χ0n) is 10.1. The molecule has 2 aromatic rings. The van der Waals surface area contributed by atoms with Crippen molar-refractivity contribution in [1.82, 2.24) is 10.2 Å². The van der Waals surface area contributed by atoms with Gasteiger partial charge in [-0.2, -0.15) is 5.10 Å². The molecule has 0 aliphatic rings. The predicted octanol–water partition coefficient (Wildman–Crippen LogP) is 2.01. The maximum atomic E-state index is 12.2. The molecular weight excluding hydrogens is 288 g/mol.